The molecular formula is C36H40FN3O6S. The Morgan fingerprint density at radius 1 is 0.830 bits per heavy atom. The number of hydrogen-bond acceptors (Lipinski definition) is 6. The molecule has 0 fully saturated rings. The Kier molecular flexibility index (Phi) is 12.0. The smallest absolute Gasteiger partial charge is 0.264 e. The topological polar surface area (TPSA) is 105 Å². The van der Waals surface area contributed by atoms with Crippen LogP contribution in [-0.2, 0) is 32.6 Å². The SMILES string of the molecule is CC[C@H](C)NC(=O)[C@H](Cc1ccccc1)N(Cc1ccc(F)cc1)C(=O)CN(c1ccccc1OC)S(=O)(=O)c1ccc(OC)cc1. The average Bonchev–Trinajstić information content (AvgIpc) is 3.09. The number of carbonyl (C=O) groups excluding carboxylic acids is 2. The van der Waals surface area contributed by atoms with E-state index in [0.29, 0.717) is 17.7 Å². The third kappa shape index (κ3) is 8.88. The molecule has 0 aliphatic rings. The van der Waals surface area contributed by atoms with Crippen molar-refractivity contribution in [1.29, 1.82) is 0 Å². The van der Waals surface area contributed by atoms with Gasteiger partial charge in [0.1, 0.15) is 29.9 Å². The number of halogens is 1. The lowest BCUT2D eigenvalue weighted by molar-refractivity contribution is -0.140. The highest BCUT2D eigenvalue weighted by molar-refractivity contribution is 7.92. The zero-order valence-corrected chi connectivity index (χ0v) is 27.7. The van der Waals surface area contributed by atoms with Crippen LogP contribution in [0.3, 0.4) is 0 Å². The van der Waals surface area contributed by atoms with Gasteiger partial charge in [0.05, 0.1) is 24.8 Å². The summed E-state index contributed by atoms with van der Waals surface area (Å²) < 4.78 is 54.1. The molecule has 47 heavy (non-hydrogen) atoms. The maximum absolute atomic E-state index is 14.6. The van der Waals surface area contributed by atoms with Gasteiger partial charge in [-0.3, -0.25) is 13.9 Å². The number of nitrogens with one attached hydrogen (secondary N) is 1. The molecule has 0 aliphatic heterocycles. The first kappa shape index (κ1) is 35.0. The molecule has 2 atom stereocenters. The van der Waals surface area contributed by atoms with Crippen LogP contribution in [0.25, 0.3) is 0 Å². The number of anilines is 1. The Morgan fingerprint density at radius 3 is 2.09 bits per heavy atom. The van der Waals surface area contributed by atoms with Gasteiger partial charge in [-0.15, -0.1) is 0 Å². The lowest BCUT2D eigenvalue weighted by atomic mass is 10.0. The normalized spacial score (nSPS) is 12.4. The molecule has 0 aliphatic carbocycles. The molecule has 0 unspecified atom stereocenters. The number of amides is 2. The highest BCUT2D eigenvalue weighted by Gasteiger charge is 2.35. The van der Waals surface area contributed by atoms with Crippen molar-refractivity contribution in [3.8, 4) is 11.5 Å². The van der Waals surface area contributed by atoms with Crippen molar-refractivity contribution in [3.63, 3.8) is 0 Å². The zero-order chi connectivity index (χ0) is 34.0. The molecule has 0 heterocycles. The molecule has 4 aromatic carbocycles. The lowest BCUT2D eigenvalue weighted by Gasteiger charge is -2.34. The molecule has 0 bridgehead atoms. The number of carbonyl (C=O) groups is 2. The Morgan fingerprint density at radius 2 is 1.47 bits per heavy atom. The fraction of sp³-hybridized carbons (Fsp3) is 0.278. The van der Waals surface area contributed by atoms with Gasteiger partial charge >= 0.3 is 0 Å². The van der Waals surface area contributed by atoms with Gasteiger partial charge < -0.3 is 19.7 Å². The Bertz CT molecular complexity index is 1740. The summed E-state index contributed by atoms with van der Waals surface area (Å²) in [6, 6.07) is 26.0. The minimum absolute atomic E-state index is 0.0718. The predicted molar refractivity (Wildman–Crippen MR) is 179 cm³/mol. The Balaban J connectivity index is 1.83. The second-order valence-corrected chi connectivity index (χ2v) is 12.9. The quantitative estimate of drug-likeness (QED) is 0.178. The van der Waals surface area contributed by atoms with Crippen molar-refractivity contribution in [2.45, 2.75) is 50.2 Å². The summed E-state index contributed by atoms with van der Waals surface area (Å²) in [6.07, 6.45) is 0.827. The van der Waals surface area contributed by atoms with Crippen LogP contribution >= 0.6 is 0 Å². The summed E-state index contributed by atoms with van der Waals surface area (Å²) in [4.78, 5) is 29.8. The maximum Gasteiger partial charge on any atom is 0.264 e. The van der Waals surface area contributed by atoms with Crippen molar-refractivity contribution in [2.24, 2.45) is 0 Å². The first-order valence-electron chi connectivity index (χ1n) is 15.2. The van der Waals surface area contributed by atoms with E-state index >= 15 is 0 Å². The summed E-state index contributed by atoms with van der Waals surface area (Å²) in [5.41, 5.74) is 1.52. The van der Waals surface area contributed by atoms with Crippen molar-refractivity contribution >= 4 is 27.5 Å². The van der Waals surface area contributed by atoms with Crippen molar-refractivity contribution in [3.05, 3.63) is 120 Å². The van der Waals surface area contributed by atoms with Gasteiger partial charge in [-0.2, -0.15) is 0 Å². The van der Waals surface area contributed by atoms with Crippen LogP contribution in [0.15, 0.2) is 108 Å². The molecule has 0 radical (unpaired) electrons. The number of benzene rings is 4. The van der Waals surface area contributed by atoms with Crippen molar-refractivity contribution < 1.29 is 31.9 Å². The van der Waals surface area contributed by atoms with Gasteiger partial charge in [0.25, 0.3) is 10.0 Å². The molecule has 0 saturated carbocycles. The van der Waals surface area contributed by atoms with Gasteiger partial charge in [0, 0.05) is 19.0 Å². The van der Waals surface area contributed by atoms with Gasteiger partial charge in [-0.25, -0.2) is 12.8 Å². The highest BCUT2D eigenvalue weighted by Crippen LogP contribution is 2.33. The van der Waals surface area contributed by atoms with Crippen LogP contribution in [-0.4, -0.2) is 58.0 Å². The molecule has 248 valence electrons. The fourth-order valence-corrected chi connectivity index (χ4v) is 6.43. The number of nitrogens with zero attached hydrogens (tertiary/aromatic N) is 2. The van der Waals surface area contributed by atoms with Gasteiger partial charge in [-0.1, -0.05) is 61.5 Å². The molecule has 2 amide bonds. The fourth-order valence-electron chi connectivity index (χ4n) is 5.01. The van der Waals surface area contributed by atoms with Gasteiger partial charge in [0.2, 0.25) is 11.8 Å². The predicted octanol–water partition coefficient (Wildman–Crippen LogP) is 5.59. The molecular weight excluding hydrogens is 621 g/mol. The van der Waals surface area contributed by atoms with E-state index in [0.717, 1.165) is 9.87 Å². The van der Waals surface area contributed by atoms with Crippen LogP contribution < -0.4 is 19.1 Å². The van der Waals surface area contributed by atoms with Gasteiger partial charge in [-0.05, 0) is 73.0 Å². The third-order valence-electron chi connectivity index (χ3n) is 7.82. The summed E-state index contributed by atoms with van der Waals surface area (Å²) >= 11 is 0. The second kappa shape index (κ2) is 16.1. The number of hydrogen-bond donors (Lipinski definition) is 1. The number of rotatable bonds is 15. The molecule has 11 heteroatoms. The largest absolute Gasteiger partial charge is 0.497 e. The van der Waals surface area contributed by atoms with E-state index < -0.39 is 34.3 Å². The van der Waals surface area contributed by atoms with Crippen molar-refractivity contribution in [1.82, 2.24) is 10.2 Å². The first-order chi connectivity index (χ1) is 22.6. The monoisotopic (exact) mass is 661 g/mol. The molecule has 9 nitrogen and oxygen atoms in total. The molecule has 0 aromatic heterocycles. The zero-order valence-electron chi connectivity index (χ0n) is 26.9. The van der Waals surface area contributed by atoms with E-state index in [1.807, 2.05) is 44.2 Å². The molecule has 0 saturated heterocycles. The maximum atomic E-state index is 14.6. The van der Waals surface area contributed by atoms with Crippen LogP contribution in [0, 0.1) is 5.82 Å². The minimum Gasteiger partial charge on any atom is -0.497 e. The Hall–Kier alpha value is -4.90. The number of para-hydroxylation sites is 2. The summed E-state index contributed by atoms with van der Waals surface area (Å²) in [5.74, 6) is -0.781. The minimum atomic E-state index is -4.35. The molecule has 0 spiro atoms. The summed E-state index contributed by atoms with van der Waals surface area (Å²) in [6.45, 7) is 3.08. The van der Waals surface area contributed by atoms with Crippen LogP contribution in [0.1, 0.15) is 31.4 Å². The molecule has 4 rings (SSSR count). The molecule has 1 N–H and O–H groups in total. The third-order valence-corrected chi connectivity index (χ3v) is 9.59. The van der Waals surface area contributed by atoms with E-state index in [1.165, 1.54) is 67.7 Å². The lowest BCUT2D eigenvalue weighted by Crippen LogP contribution is -2.54. The van der Waals surface area contributed by atoms with Crippen LogP contribution in [0.4, 0.5) is 10.1 Å². The van der Waals surface area contributed by atoms with E-state index in [4.69, 9.17) is 9.47 Å². The van der Waals surface area contributed by atoms with Crippen LogP contribution in [0.2, 0.25) is 0 Å². The van der Waals surface area contributed by atoms with E-state index in [9.17, 15) is 22.4 Å². The summed E-state index contributed by atoms with van der Waals surface area (Å²) in [7, 11) is -1.46. The van der Waals surface area contributed by atoms with Crippen LogP contribution in [0.5, 0.6) is 11.5 Å². The van der Waals surface area contributed by atoms with E-state index in [1.54, 1.807) is 24.3 Å². The van der Waals surface area contributed by atoms with Gasteiger partial charge in [0.15, 0.2) is 0 Å². The molecule has 4 aromatic rings. The number of methoxy groups -OCH3 is 2. The first-order valence-corrected chi connectivity index (χ1v) is 16.7. The van der Waals surface area contributed by atoms with E-state index in [-0.39, 0.29) is 41.2 Å². The Labute approximate surface area is 276 Å². The standard InChI is InChI=1S/C36H40FN3O6S/c1-5-26(2)38-36(42)33(23-27-11-7-6-8-12-27)39(24-28-15-17-29(37)18-16-28)35(41)25-40(32-13-9-10-14-34(32)46-4)47(43,44)31-21-19-30(45-3)20-22-31/h6-22,26,33H,5,23-25H2,1-4H3,(H,38,42)/t26-,33-/m0/s1. The average molecular weight is 662 g/mol. The summed E-state index contributed by atoms with van der Waals surface area (Å²) in [5, 5.41) is 2.99. The number of sulfonamides is 1. The second-order valence-electron chi connectivity index (χ2n) is 11.0. The highest BCUT2D eigenvalue weighted by atomic mass is 32.2. The number of ether oxygens (including phenoxy) is 2. The van der Waals surface area contributed by atoms with E-state index in [2.05, 4.69) is 5.32 Å². The van der Waals surface area contributed by atoms with Crippen molar-refractivity contribution in [2.75, 3.05) is 25.1 Å².